The summed E-state index contributed by atoms with van der Waals surface area (Å²) in [7, 11) is 0. The molecular weight excluding hydrogens is 336 g/mol. The van der Waals surface area contributed by atoms with Crippen LogP contribution in [0.25, 0.3) is 0 Å². The van der Waals surface area contributed by atoms with E-state index in [-0.39, 0.29) is 11.7 Å². The summed E-state index contributed by atoms with van der Waals surface area (Å²) in [6, 6.07) is 7.50. The molecule has 0 aliphatic heterocycles. The Balaban J connectivity index is 1.84. The lowest BCUT2D eigenvalue weighted by molar-refractivity contribution is -0.385. The summed E-state index contributed by atoms with van der Waals surface area (Å²) in [6.45, 7) is 0. The van der Waals surface area contributed by atoms with Crippen LogP contribution in [0.2, 0.25) is 0 Å². The zero-order valence-electron chi connectivity index (χ0n) is 11.0. The summed E-state index contributed by atoms with van der Waals surface area (Å²) in [5.41, 5.74) is 8.97. The molecule has 1 heterocycles. The number of hydrogen-bond acceptors (Lipinski definition) is 5. The normalized spacial score (nSPS) is 16.5. The molecule has 1 aromatic heterocycles. The van der Waals surface area contributed by atoms with Crippen molar-refractivity contribution in [2.45, 2.75) is 18.9 Å². The topological polar surface area (TPSA) is 94.1 Å². The second kappa shape index (κ2) is 5.33. The fourth-order valence-corrected chi connectivity index (χ4v) is 3.04. The highest BCUT2D eigenvalue weighted by Crippen LogP contribution is 2.36. The van der Waals surface area contributed by atoms with Gasteiger partial charge < -0.3 is 11.1 Å². The standard InChI is InChI=1S/C14H13BrN4O2/c15-12-6-10(19(20)21)7-17-14(12)18-13-4-1-8-5-9(16)2-3-11(8)13/h2-3,5-7,13H,1,4,16H2,(H,17,18). The number of pyridine rings is 1. The third-order valence-corrected chi connectivity index (χ3v) is 4.20. The minimum Gasteiger partial charge on any atom is -0.399 e. The number of benzene rings is 1. The molecule has 1 aliphatic carbocycles. The summed E-state index contributed by atoms with van der Waals surface area (Å²) >= 11 is 3.32. The molecule has 1 atom stereocenters. The Morgan fingerprint density at radius 1 is 1.43 bits per heavy atom. The van der Waals surface area contributed by atoms with Crippen LogP contribution in [0.1, 0.15) is 23.6 Å². The molecule has 0 saturated heterocycles. The average molecular weight is 349 g/mol. The van der Waals surface area contributed by atoms with Crippen molar-refractivity contribution in [3.63, 3.8) is 0 Å². The highest BCUT2D eigenvalue weighted by molar-refractivity contribution is 9.10. The molecule has 3 rings (SSSR count). The van der Waals surface area contributed by atoms with Crippen LogP contribution in [0.4, 0.5) is 17.2 Å². The van der Waals surface area contributed by atoms with Crippen molar-refractivity contribution in [2.24, 2.45) is 0 Å². The lowest BCUT2D eigenvalue weighted by Crippen LogP contribution is -2.09. The van der Waals surface area contributed by atoms with Crippen LogP contribution in [-0.4, -0.2) is 9.91 Å². The first kappa shape index (κ1) is 13.8. The van der Waals surface area contributed by atoms with Gasteiger partial charge in [0.1, 0.15) is 12.0 Å². The predicted octanol–water partition coefficient (Wildman–Crippen LogP) is 3.43. The number of aromatic nitrogens is 1. The fourth-order valence-electron chi connectivity index (χ4n) is 2.59. The predicted molar refractivity (Wildman–Crippen MR) is 84.1 cm³/mol. The third kappa shape index (κ3) is 2.69. The van der Waals surface area contributed by atoms with E-state index in [1.54, 1.807) is 0 Å². The van der Waals surface area contributed by atoms with Crippen LogP contribution >= 0.6 is 15.9 Å². The molecular formula is C14H13BrN4O2. The molecule has 0 radical (unpaired) electrons. The molecule has 21 heavy (non-hydrogen) atoms. The van der Waals surface area contributed by atoms with Gasteiger partial charge in [-0.1, -0.05) is 6.07 Å². The number of aryl methyl sites for hydroxylation is 1. The fraction of sp³-hybridized carbons (Fsp3) is 0.214. The molecule has 0 bridgehead atoms. The number of anilines is 2. The van der Waals surface area contributed by atoms with E-state index < -0.39 is 4.92 Å². The van der Waals surface area contributed by atoms with Crippen LogP contribution in [0.3, 0.4) is 0 Å². The van der Waals surface area contributed by atoms with E-state index in [4.69, 9.17) is 5.73 Å². The maximum atomic E-state index is 10.7. The molecule has 6 nitrogen and oxygen atoms in total. The van der Waals surface area contributed by atoms with E-state index in [0.717, 1.165) is 18.5 Å². The van der Waals surface area contributed by atoms with Gasteiger partial charge in [-0.25, -0.2) is 4.98 Å². The van der Waals surface area contributed by atoms with Gasteiger partial charge >= 0.3 is 0 Å². The summed E-state index contributed by atoms with van der Waals surface area (Å²) in [4.78, 5) is 14.4. The number of nitrogens with two attached hydrogens (primary N) is 1. The zero-order valence-corrected chi connectivity index (χ0v) is 12.6. The van der Waals surface area contributed by atoms with Crippen LogP contribution < -0.4 is 11.1 Å². The second-order valence-corrected chi connectivity index (χ2v) is 5.83. The Kier molecular flexibility index (Phi) is 3.50. The Labute approximate surface area is 129 Å². The first-order valence-electron chi connectivity index (χ1n) is 6.49. The Morgan fingerprint density at radius 2 is 2.24 bits per heavy atom. The Bertz CT molecular complexity index is 720. The maximum absolute atomic E-state index is 10.7. The van der Waals surface area contributed by atoms with E-state index in [0.29, 0.717) is 10.3 Å². The number of nitro groups is 1. The van der Waals surface area contributed by atoms with Gasteiger partial charge in [0.05, 0.1) is 15.4 Å². The smallest absolute Gasteiger partial charge is 0.288 e. The van der Waals surface area contributed by atoms with Crippen molar-refractivity contribution >= 4 is 33.1 Å². The first-order chi connectivity index (χ1) is 10.0. The van der Waals surface area contributed by atoms with Crippen molar-refractivity contribution < 1.29 is 4.92 Å². The molecule has 0 amide bonds. The van der Waals surface area contributed by atoms with Gasteiger partial charge in [0, 0.05) is 11.8 Å². The molecule has 0 spiro atoms. The maximum Gasteiger partial charge on any atom is 0.288 e. The van der Waals surface area contributed by atoms with Crippen LogP contribution in [0.5, 0.6) is 0 Å². The third-order valence-electron chi connectivity index (χ3n) is 3.59. The van der Waals surface area contributed by atoms with E-state index in [2.05, 4.69) is 26.2 Å². The molecule has 1 aliphatic rings. The average Bonchev–Trinajstić information content (AvgIpc) is 2.83. The largest absolute Gasteiger partial charge is 0.399 e. The lowest BCUT2D eigenvalue weighted by atomic mass is 10.1. The quantitative estimate of drug-likeness (QED) is 0.503. The second-order valence-electron chi connectivity index (χ2n) is 4.97. The van der Waals surface area contributed by atoms with Crippen molar-refractivity contribution in [3.8, 4) is 0 Å². The van der Waals surface area contributed by atoms with Crippen molar-refractivity contribution in [1.82, 2.24) is 4.98 Å². The molecule has 0 fully saturated rings. The SMILES string of the molecule is Nc1ccc2c(c1)CCC2Nc1ncc([N+](=O)[O-])cc1Br. The highest BCUT2D eigenvalue weighted by Gasteiger charge is 2.23. The van der Waals surface area contributed by atoms with Gasteiger partial charge in [-0.05, 0) is 52.0 Å². The molecule has 1 unspecified atom stereocenters. The van der Waals surface area contributed by atoms with Gasteiger partial charge in [-0.2, -0.15) is 0 Å². The van der Waals surface area contributed by atoms with Gasteiger partial charge in [-0.15, -0.1) is 0 Å². The summed E-state index contributed by atoms with van der Waals surface area (Å²) in [5.74, 6) is 0.607. The first-order valence-corrected chi connectivity index (χ1v) is 7.28. The van der Waals surface area contributed by atoms with Crippen molar-refractivity contribution in [3.05, 3.63) is 56.2 Å². The molecule has 7 heteroatoms. The minimum absolute atomic E-state index is 0.0352. The number of fused-ring (bicyclic) bond motifs is 1. The Morgan fingerprint density at radius 3 is 2.95 bits per heavy atom. The lowest BCUT2D eigenvalue weighted by Gasteiger charge is -2.15. The summed E-state index contributed by atoms with van der Waals surface area (Å²) in [6.07, 6.45) is 3.17. The number of hydrogen-bond donors (Lipinski definition) is 2. The number of rotatable bonds is 3. The summed E-state index contributed by atoms with van der Waals surface area (Å²) in [5, 5.41) is 14.0. The number of nitrogen functional groups attached to an aromatic ring is 1. The summed E-state index contributed by atoms with van der Waals surface area (Å²) < 4.78 is 0.584. The van der Waals surface area contributed by atoms with Gasteiger partial charge in [0.25, 0.3) is 5.69 Å². The van der Waals surface area contributed by atoms with E-state index in [9.17, 15) is 10.1 Å². The van der Waals surface area contributed by atoms with Gasteiger partial charge in [-0.3, -0.25) is 10.1 Å². The monoisotopic (exact) mass is 348 g/mol. The number of nitrogens with one attached hydrogen (secondary N) is 1. The van der Waals surface area contributed by atoms with Crippen LogP contribution in [0.15, 0.2) is 34.9 Å². The van der Waals surface area contributed by atoms with Crippen LogP contribution in [0, 0.1) is 10.1 Å². The van der Waals surface area contributed by atoms with E-state index in [1.807, 2.05) is 18.2 Å². The number of nitrogens with zero attached hydrogens (tertiary/aromatic N) is 2. The zero-order chi connectivity index (χ0) is 15.0. The van der Waals surface area contributed by atoms with Crippen LogP contribution in [-0.2, 0) is 6.42 Å². The molecule has 0 saturated carbocycles. The number of halogens is 1. The molecule has 1 aromatic carbocycles. The minimum atomic E-state index is -0.463. The highest BCUT2D eigenvalue weighted by atomic mass is 79.9. The molecule has 108 valence electrons. The molecule has 2 aromatic rings. The molecule has 3 N–H and O–H groups in total. The van der Waals surface area contributed by atoms with E-state index in [1.165, 1.54) is 23.4 Å². The van der Waals surface area contributed by atoms with E-state index >= 15 is 0 Å². The van der Waals surface area contributed by atoms with Crippen molar-refractivity contribution in [2.75, 3.05) is 11.1 Å². The van der Waals surface area contributed by atoms with Crippen molar-refractivity contribution in [1.29, 1.82) is 0 Å². The Hall–Kier alpha value is -2.15. The van der Waals surface area contributed by atoms with Gasteiger partial charge in [0.15, 0.2) is 0 Å². The van der Waals surface area contributed by atoms with Gasteiger partial charge in [0.2, 0.25) is 0 Å².